The Hall–Kier alpha value is -0.0800. The molecule has 0 aromatic rings. The van der Waals surface area contributed by atoms with E-state index in [0.29, 0.717) is 23.7 Å². The van der Waals surface area contributed by atoms with Crippen molar-refractivity contribution in [2.75, 3.05) is 6.54 Å². The molecule has 2 heteroatoms. The first-order chi connectivity index (χ1) is 10.1. The summed E-state index contributed by atoms with van der Waals surface area (Å²) in [6.45, 7) is 20.0. The maximum atomic E-state index is 6.43. The van der Waals surface area contributed by atoms with Gasteiger partial charge in [-0.25, -0.2) is 0 Å². The summed E-state index contributed by atoms with van der Waals surface area (Å²) >= 11 is 0. The topological polar surface area (TPSA) is 12.5 Å². The number of rotatable bonds is 6. The molecule has 0 aromatic carbocycles. The van der Waals surface area contributed by atoms with Gasteiger partial charge in [0.1, 0.15) is 0 Å². The van der Waals surface area contributed by atoms with E-state index >= 15 is 0 Å². The third-order valence-corrected chi connectivity index (χ3v) is 5.17. The van der Waals surface area contributed by atoms with E-state index < -0.39 is 0 Å². The minimum atomic E-state index is 0.274. The van der Waals surface area contributed by atoms with Gasteiger partial charge in [0.2, 0.25) is 0 Å². The first kappa shape index (κ1) is 20.0. The van der Waals surface area contributed by atoms with Crippen LogP contribution in [0, 0.1) is 5.41 Å². The Morgan fingerprint density at radius 3 is 2.32 bits per heavy atom. The van der Waals surface area contributed by atoms with Crippen molar-refractivity contribution in [2.24, 2.45) is 5.41 Å². The molecule has 0 saturated carbocycles. The van der Waals surface area contributed by atoms with Crippen LogP contribution in [0.25, 0.3) is 0 Å². The Balaban J connectivity index is 2.75. The van der Waals surface area contributed by atoms with Gasteiger partial charge in [0.25, 0.3) is 0 Å². The van der Waals surface area contributed by atoms with E-state index in [1.165, 1.54) is 38.5 Å². The van der Waals surface area contributed by atoms with Crippen molar-refractivity contribution in [1.29, 1.82) is 0 Å². The zero-order valence-corrected chi connectivity index (χ0v) is 16.5. The Morgan fingerprint density at radius 1 is 1.14 bits per heavy atom. The van der Waals surface area contributed by atoms with Crippen LogP contribution in [0.5, 0.6) is 0 Å². The molecule has 22 heavy (non-hydrogen) atoms. The summed E-state index contributed by atoms with van der Waals surface area (Å²) in [7, 11) is 0. The Bertz CT molecular complexity index is 322. The molecular weight excluding hydrogens is 270 g/mol. The molecule has 2 unspecified atom stereocenters. The van der Waals surface area contributed by atoms with Crippen LogP contribution in [0.2, 0.25) is 0 Å². The number of hydrogen-bond donors (Lipinski definition) is 0. The molecule has 0 aromatic heterocycles. The summed E-state index contributed by atoms with van der Waals surface area (Å²) in [5, 5.41) is 0. The van der Waals surface area contributed by atoms with Gasteiger partial charge in [0.15, 0.2) is 0 Å². The largest absolute Gasteiger partial charge is 0.375 e. The molecule has 0 N–H and O–H groups in total. The second kappa shape index (κ2) is 8.15. The van der Waals surface area contributed by atoms with E-state index in [1.54, 1.807) is 0 Å². The van der Waals surface area contributed by atoms with Gasteiger partial charge in [-0.05, 0) is 65.7 Å². The third-order valence-electron chi connectivity index (χ3n) is 5.17. The van der Waals surface area contributed by atoms with Crippen molar-refractivity contribution in [1.82, 2.24) is 4.90 Å². The van der Waals surface area contributed by atoms with E-state index in [4.69, 9.17) is 4.74 Å². The van der Waals surface area contributed by atoms with Gasteiger partial charge in [-0.3, -0.25) is 4.90 Å². The summed E-state index contributed by atoms with van der Waals surface area (Å²) in [5.41, 5.74) is 0.614. The third kappa shape index (κ3) is 6.20. The maximum absolute atomic E-state index is 6.43. The number of likely N-dealkylation sites (tertiary alicyclic amines) is 1. The summed E-state index contributed by atoms with van der Waals surface area (Å²) in [6.07, 6.45) is 8.16. The molecule has 0 amide bonds. The van der Waals surface area contributed by atoms with Gasteiger partial charge >= 0.3 is 0 Å². The van der Waals surface area contributed by atoms with Crippen molar-refractivity contribution < 1.29 is 4.74 Å². The van der Waals surface area contributed by atoms with E-state index in [2.05, 4.69) is 60.3 Å². The highest BCUT2D eigenvalue weighted by Gasteiger charge is 2.39. The van der Waals surface area contributed by atoms with Crippen LogP contribution in [0.3, 0.4) is 0 Å². The zero-order valence-electron chi connectivity index (χ0n) is 16.5. The van der Waals surface area contributed by atoms with E-state index in [1.807, 2.05) is 0 Å². The molecular formula is C20H41NO. The Morgan fingerprint density at radius 2 is 1.77 bits per heavy atom. The summed E-state index contributed by atoms with van der Waals surface area (Å²) in [4.78, 5) is 2.68. The van der Waals surface area contributed by atoms with Crippen LogP contribution in [0.15, 0.2) is 0 Å². The van der Waals surface area contributed by atoms with Crippen LogP contribution in [0.1, 0.15) is 93.9 Å². The van der Waals surface area contributed by atoms with Gasteiger partial charge in [0, 0.05) is 18.1 Å². The number of nitrogens with zero attached hydrogens (tertiary/aromatic N) is 1. The predicted molar refractivity (Wildman–Crippen MR) is 97.4 cm³/mol. The van der Waals surface area contributed by atoms with Crippen LogP contribution in [0.4, 0.5) is 0 Å². The van der Waals surface area contributed by atoms with Crippen LogP contribution in [-0.4, -0.2) is 35.2 Å². The molecule has 2 atom stereocenters. The summed E-state index contributed by atoms with van der Waals surface area (Å²) in [5.74, 6) is 0. The normalized spacial score (nSPS) is 27.4. The fourth-order valence-electron chi connectivity index (χ4n) is 4.61. The SMILES string of the molecule is CCCCC(C)OC1CCN(C(C)C)C(C)(C)CC(C)(C)C1. The van der Waals surface area contributed by atoms with Gasteiger partial charge in [0.05, 0.1) is 12.2 Å². The monoisotopic (exact) mass is 311 g/mol. The van der Waals surface area contributed by atoms with Gasteiger partial charge in [-0.1, -0.05) is 33.6 Å². The van der Waals surface area contributed by atoms with Gasteiger partial charge in [-0.2, -0.15) is 0 Å². The van der Waals surface area contributed by atoms with Crippen molar-refractivity contribution >= 4 is 0 Å². The lowest BCUT2D eigenvalue weighted by molar-refractivity contribution is -0.0684. The molecule has 1 heterocycles. The molecule has 1 aliphatic heterocycles. The predicted octanol–water partition coefficient (Wildman–Crippen LogP) is 5.65. The smallest absolute Gasteiger partial charge is 0.0596 e. The van der Waals surface area contributed by atoms with E-state index in [0.717, 1.165) is 6.54 Å². The van der Waals surface area contributed by atoms with Crippen LogP contribution in [-0.2, 0) is 4.74 Å². The molecule has 0 aliphatic carbocycles. The minimum Gasteiger partial charge on any atom is -0.375 e. The molecule has 1 fully saturated rings. The standard InChI is InChI=1S/C20H41NO/c1-9-10-11-17(4)22-18-12-13-21(16(2)3)20(7,8)15-19(5,6)14-18/h16-18H,9-15H2,1-8H3. The fourth-order valence-corrected chi connectivity index (χ4v) is 4.61. The van der Waals surface area contributed by atoms with Crippen molar-refractivity contribution in [2.45, 2.75) is 118 Å². The quantitative estimate of drug-likeness (QED) is 0.628. The molecule has 0 spiro atoms. The fraction of sp³-hybridized carbons (Fsp3) is 1.00. The van der Waals surface area contributed by atoms with Gasteiger partial charge < -0.3 is 4.74 Å². The van der Waals surface area contributed by atoms with E-state index in [9.17, 15) is 0 Å². The highest BCUT2D eigenvalue weighted by atomic mass is 16.5. The Kier molecular flexibility index (Phi) is 7.39. The first-order valence-corrected chi connectivity index (χ1v) is 9.49. The molecule has 1 aliphatic rings. The molecule has 1 saturated heterocycles. The number of hydrogen-bond acceptors (Lipinski definition) is 2. The first-order valence-electron chi connectivity index (χ1n) is 9.49. The maximum Gasteiger partial charge on any atom is 0.0596 e. The molecule has 2 nitrogen and oxygen atoms in total. The summed E-state index contributed by atoms with van der Waals surface area (Å²) in [6, 6.07) is 0.599. The second-order valence-electron chi connectivity index (χ2n) is 9.14. The average Bonchev–Trinajstić information content (AvgIpc) is 2.32. The van der Waals surface area contributed by atoms with Crippen molar-refractivity contribution in [3.63, 3.8) is 0 Å². The van der Waals surface area contributed by atoms with Crippen LogP contribution >= 0.6 is 0 Å². The lowest BCUT2D eigenvalue weighted by Crippen LogP contribution is -2.53. The summed E-state index contributed by atoms with van der Waals surface area (Å²) < 4.78 is 6.43. The number of unbranched alkanes of at least 4 members (excludes halogenated alkanes) is 1. The minimum absolute atomic E-state index is 0.274. The Labute approximate surface area is 140 Å². The van der Waals surface area contributed by atoms with Crippen LogP contribution < -0.4 is 0 Å². The number of ether oxygens (including phenoxy) is 1. The lowest BCUT2D eigenvalue weighted by atomic mass is 9.73. The van der Waals surface area contributed by atoms with E-state index in [-0.39, 0.29) is 5.54 Å². The highest BCUT2D eigenvalue weighted by Crippen LogP contribution is 2.40. The lowest BCUT2D eigenvalue weighted by Gasteiger charge is -2.49. The highest BCUT2D eigenvalue weighted by molar-refractivity contribution is 4.93. The molecule has 0 bridgehead atoms. The van der Waals surface area contributed by atoms with Crippen molar-refractivity contribution in [3.8, 4) is 0 Å². The zero-order chi connectivity index (χ0) is 17.0. The molecule has 132 valence electrons. The average molecular weight is 312 g/mol. The van der Waals surface area contributed by atoms with Crippen molar-refractivity contribution in [3.05, 3.63) is 0 Å². The molecule has 1 rings (SSSR count). The second-order valence-corrected chi connectivity index (χ2v) is 9.14. The molecule has 0 radical (unpaired) electrons. The van der Waals surface area contributed by atoms with Gasteiger partial charge in [-0.15, -0.1) is 0 Å².